The number of hydrogen-bond donors (Lipinski definition) is 1. The molecule has 1 amide bonds. The number of rotatable bonds is 15. The van der Waals surface area contributed by atoms with E-state index in [1.807, 2.05) is 6.92 Å². The summed E-state index contributed by atoms with van der Waals surface area (Å²) in [6.07, 6.45) is 36.4. The highest BCUT2D eigenvalue weighted by Gasteiger charge is 2.24. The van der Waals surface area contributed by atoms with Crippen LogP contribution in [0.1, 0.15) is 110 Å². The maximum Gasteiger partial charge on any atom is 0.219 e. The van der Waals surface area contributed by atoms with Crippen LogP contribution in [0.25, 0.3) is 0 Å². The SMILES string of the molecule is CCNC(=O)CCC/C=C\C[C@H]1CCCC1C/C=C/CCCCCC1=CCCC=CC1. The second-order valence-electron chi connectivity index (χ2n) is 9.43. The number of carbonyl (C=O) groups excluding carboxylic acids is 1. The van der Waals surface area contributed by atoms with Crippen LogP contribution < -0.4 is 5.32 Å². The first-order valence-corrected chi connectivity index (χ1v) is 13.2. The molecule has 174 valence electrons. The molecule has 0 heterocycles. The Hall–Kier alpha value is -1.57. The lowest BCUT2D eigenvalue weighted by atomic mass is 9.89. The predicted octanol–water partition coefficient (Wildman–Crippen LogP) is 8.22. The van der Waals surface area contributed by atoms with E-state index in [4.69, 9.17) is 0 Å². The molecule has 0 radical (unpaired) electrons. The van der Waals surface area contributed by atoms with Gasteiger partial charge in [0.2, 0.25) is 5.91 Å². The summed E-state index contributed by atoms with van der Waals surface area (Å²) in [6, 6.07) is 0. The second-order valence-corrected chi connectivity index (χ2v) is 9.43. The molecule has 0 aromatic rings. The lowest BCUT2D eigenvalue weighted by Crippen LogP contribution is -2.21. The van der Waals surface area contributed by atoms with Crippen molar-refractivity contribution in [1.82, 2.24) is 5.32 Å². The quantitative estimate of drug-likeness (QED) is 0.208. The Balaban J connectivity index is 1.49. The minimum Gasteiger partial charge on any atom is -0.356 e. The number of unbranched alkanes of at least 4 members (excludes halogenated alkanes) is 4. The van der Waals surface area contributed by atoms with Crippen LogP contribution in [0, 0.1) is 11.8 Å². The van der Waals surface area contributed by atoms with E-state index < -0.39 is 0 Å². The molecule has 0 spiro atoms. The molecule has 0 aliphatic heterocycles. The molecule has 1 saturated carbocycles. The van der Waals surface area contributed by atoms with Gasteiger partial charge in [0.1, 0.15) is 0 Å². The molecular weight excluding hydrogens is 378 g/mol. The van der Waals surface area contributed by atoms with Gasteiger partial charge in [-0.3, -0.25) is 4.79 Å². The normalized spacial score (nSPS) is 21.6. The molecule has 0 aromatic carbocycles. The number of amides is 1. The van der Waals surface area contributed by atoms with Crippen molar-refractivity contribution < 1.29 is 4.79 Å². The molecule has 0 bridgehead atoms. The van der Waals surface area contributed by atoms with Crippen molar-refractivity contribution in [2.45, 2.75) is 110 Å². The van der Waals surface area contributed by atoms with Crippen molar-refractivity contribution in [2.75, 3.05) is 6.54 Å². The summed E-state index contributed by atoms with van der Waals surface area (Å²) < 4.78 is 0. The van der Waals surface area contributed by atoms with Gasteiger partial charge in [0.25, 0.3) is 0 Å². The zero-order valence-electron chi connectivity index (χ0n) is 20.1. The number of hydrogen-bond acceptors (Lipinski definition) is 1. The molecule has 1 N–H and O–H groups in total. The molecule has 2 rings (SSSR count). The Morgan fingerprint density at radius 1 is 0.935 bits per heavy atom. The van der Waals surface area contributed by atoms with Gasteiger partial charge in [-0.05, 0) is 102 Å². The third kappa shape index (κ3) is 12.1. The number of carbonyl (C=O) groups is 1. The van der Waals surface area contributed by atoms with Crippen molar-refractivity contribution in [3.05, 3.63) is 48.1 Å². The smallest absolute Gasteiger partial charge is 0.219 e. The highest BCUT2D eigenvalue weighted by Crippen LogP contribution is 2.37. The van der Waals surface area contributed by atoms with E-state index in [2.05, 4.69) is 47.8 Å². The first kappa shape index (κ1) is 25.7. The highest BCUT2D eigenvalue weighted by atomic mass is 16.1. The molecule has 2 nitrogen and oxygen atoms in total. The van der Waals surface area contributed by atoms with Crippen LogP contribution in [-0.2, 0) is 4.79 Å². The van der Waals surface area contributed by atoms with Gasteiger partial charge in [0.15, 0.2) is 0 Å². The van der Waals surface area contributed by atoms with Crippen LogP contribution in [0.5, 0.6) is 0 Å². The molecule has 0 saturated heterocycles. The van der Waals surface area contributed by atoms with Gasteiger partial charge in [-0.2, -0.15) is 0 Å². The fourth-order valence-corrected chi connectivity index (χ4v) is 4.99. The Morgan fingerprint density at radius 2 is 1.68 bits per heavy atom. The standard InChI is InChI=1S/C29H47NO/c1-2-30-29(31)25-16-10-9-15-22-28-24-17-23-27(28)21-14-6-4-3-5-11-18-26-19-12-7-8-13-20-26/h6-7,9,12,14-15,20,27-28H,2-5,8,10-11,13,16-19,21-25H2,1H3,(H,30,31)/b14-6+,15-9-/t27?,28-/m0/s1. The van der Waals surface area contributed by atoms with Crippen LogP contribution in [0.4, 0.5) is 0 Å². The molecule has 0 aromatic heterocycles. The van der Waals surface area contributed by atoms with E-state index in [1.165, 1.54) is 83.5 Å². The highest BCUT2D eigenvalue weighted by molar-refractivity contribution is 5.75. The van der Waals surface area contributed by atoms with Gasteiger partial charge in [0, 0.05) is 13.0 Å². The minimum atomic E-state index is 0.188. The van der Waals surface area contributed by atoms with E-state index in [0.717, 1.165) is 31.2 Å². The third-order valence-electron chi connectivity index (χ3n) is 6.86. The van der Waals surface area contributed by atoms with Gasteiger partial charge >= 0.3 is 0 Å². The van der Waals surface area contributed by atoms with E-state index in [9.17, 15) is 4.79 Å². The lowest BCUT2D eigenvalue weighted by Gasteiger charge is -2.16. The second kappa shape index (κ2) is 17.0. The van der Waals surface area contributed by atoms with Gasteiger partial charge in [-0.15, -0.1) is 0 Å². The van der Waals surface area contributed by atoms with E-state index in [0.29, 0.717) is 6.42 Å². The third-order valence-corrected chi connectivity index (χ3v) is 6.86. The van der Waals surface area contributed by atoms with Gasteiger partial charge in [0.05, 0.1) is 0 Å². The first-order valence-electron chi connectivity index (χ1n) is 13.2. The zero-order chi connectivity index (χ0) is 22.0. The summed E-state index contributed by atoms with van der Waals surface area (Å²) in [5.74, 6) is 1.94. The van der Waals surface area contributed by atoms with Crippen molar-refractivity contribution in [1.29, 1.82) is 0 Å². The average Bonchev–Trinajstić information content (AvgIpc) is 3.04. The van der Waals surface area contributed by atoms with Crippen LogP contribution in [0.15, 0.2) is 48.1 Å². The van der Waals surface area contributed by atoms with Crippen LogP contribution >= 0.6 is 0 Å². The molecule has 1 fully saturated rings. The van der Waals surface area contributed by atoms with E-state index >= 15 is 0 Å². The summed E-state index contributed by atoms with van der Waals surface area (Å²) in [5, 5.41) is 2.87. The van der Waals surface area contributed by atoms with Crippen molar-refractivity contribution in [2.24, 2.45) is 11.8 Å². The number of nitrogens with one attached hydrogen (secondary N) is 1. The maximum atomic E-state index is 11.5. The monoisotopic (exact) mass is 425 g/mol. The van der Waals surface area contributed by atoms with Gasteiger partial charge in [-0.1, -0.05) is 60.9 Å². The largest absolute Gasteiger partial charge is 0.356 e. The molecule has 2 aliphatic rings. The first-order chi connectivity index (χ1) is 15.3. The summed E-state index contributed by atoms with van der Waals surface area (Å²) >= 11 is 0. The summed E-state index contributed by atoms with van der Waals surface area (Å²) in [7, 11) is 0. The summed E-state index contributed by atoms with van der Waals surface area (Å²) in [5.41, 5.74) is 1.66. The molecule has 2 atom stereocenters. The Bertz CT molecular complexity index is 598. The fraction of sp³-hybridized carbons (Fsp3) is 0.690. The van der Waals surface area contributed by atoms with Crippen LogP contribution in [0.3, 0.4) is 0 Å². The predicted molar refractivity (Wildman–Crippen MR) is 135 cm³/mol. The minimum absolute atomic E-state index is 0.188. The topological polar surface area (TPSA) is 29.1 Å². The van der Waals surface area contributed by atoms with Crippen LogP contribution in [-0.4, -0.2) is 12.5 Å². The summed E-state index contributed by atoms with van der Waals surface area (Å²) in [4.78, 5) is 11.5. The average molecular weight is 426 g/mol. The maximum absolute atomic E-state index is 11.5. The Morgan fingerprint density at radius 3 is 2.42 bits per heavy atom. The van der Waals surface area contributed by atoms with Crippen LogP contribution in [0.2, 0.25) is 0 Å². The van der Waals surface area contributed by atoms with Crippen molar-refractivity contribution in [3.63, 3.8) is 0 Å². The van der Waals surface area contributed by atoms with Crippen molar-refractivity contribution in [3.8, 4) is 0 Å². The summed E-state index contributed by atoms with van der Waals surface area (Å²) in [6.45, 7) is 2.71. The lowest BCUT2D eigenvalue weighted by molar-refractivity contribution is -0.121. The van der Waals surface area contributed by atoms with E-state index in [1.54, 1.807) is 5.57 Å². The van der Waals surface area contributed by atoms with E-state index in [-0.39, 0.29) is 5.91 Å². The zero-order valence-corrected chi connectivity index (χ0v) is 20.1. The Labute approximate surface area is 192 Å². The Kier molecular flexibility index (Phi) is 14.1. The fourth-order valence-electron chi connectivity index (χ4n) is 4.99. The molecule has 31 heavy (non-hydrogen) atoms. The molecular formula is C29H47NO. The molecule has 2 aliphatic carbocycles. The van der Waals surface area contributed by atoms with Gasteiger partial charge in [-0.25, -0.2) is 0 Å². The van der Waals surface area contributed by atoms with Crippen molar-refractivity contribution >= 4 is 5.91 Å². The molecule has 2 heteroatoms. The number of allylic oxidation sites excluding steroid dienone is 8. The van der Waals surface area contributed by atoms with Gasteiger partial charge < -0.3 is 5.32 Å². The molecule has 1 unspecified atom stereocenters.